The fraction of sp³-hybridized carbons (Fsp3) is 0.345. The fourth-order valence-electron chi connectivity index (χ4n) is 4.61. The lowest BCUT2D eigenvalue weighted by Crippen LogP contribution is -2.46. The highest BCUT2D eigenvalue weighted by molar-refractivity contribution is 5.99. The van der Waals surface area contributed by atoms with E-state index in [0.29, 0.717) is 39.9 Å². The normalized spacial score (nSPS) is 16.6. The number of aliphatic hydroxyl groups is 1. The third-order valence-electron chi connectivity index (χ3n) is 7.05. The first-order valence-corrected chi connectivity index (χ1v) is 12.8. The molecular weight excluding hydrogens is 495 g/mol. The zero-order chi connectivity index (χ0) is 27.8. The predicted octanol–water partition coefficient (Wildman–Crippen LogP) is 4.42. The Kier molecular flexibility index (Phi) is 6.77. The number of halogens is 1. The van der Waals surface area contributed by atoms with Crippen molar-refractivity contribution in [2.45, 2.75) is 45.2 Å². The first-order chi connectivity index (χ1) is 18.7. The quantitative estimate of drug-likeness (QED) is 0.289. The molecule has 1 saturated carbocycles. The SMILES string of the molecule is CC(C)(C)CNc1c(C#N)cnc2c(C#N)cc(N[C@H](C3=CN(C4(CO)CC4)NN3)c3ccc(F)cc3)cc12. The lowest BCUT2D eigenvalue weighted by molar-refractivity contribution is 0.106. The van der Waals surface area contributed by atoms with Crippen LogP contribution in [0.4, 0.5) is 15.8 Å². The van der Waals surface area contributed by atoms with Gasteiger partial charge in [0.1, 0.15) is 18.0 Å². The number of nitriles is 2. The van der Waals surface area contributed by atoms with Crippen LogP contribution in [0.15, 0.2) is 54.5 Å². The van der Waals surface area contributed by atoms with Crippen LogP contribution in [0.5, 0.6) is 0 Å². The number of aliphatic hydroxyl groups excluding tert-OH is 1. The summed E-state index contributed by atoms with van der Waals surface area (Å²) >= 11 is 0. The van der Waals surface area contributed by atoms with Crippen LogP contribution in [0.2, 0.25) is 0 Å². The zero-order valence-electron chi connectivity index (χ0n) is 22.1. The number of benzene rings is 2. The maximum atomic E-state index is 13.8. The average molecular weight is 527 g/mol. The number of nitrogens with zero attached hydrogens (tertiary/aromatic N) is 4. The van der Waals surface area contributed by atoms with E-state index in [2.05, 4.69) is 59.5 Å². The second-order valence-corrected chi connectivity index (χ2v) is 11.3. The minimum atomic E-state index is -0.445. The molecule has 10 heteroatoms. The molecule has 5 N–H and O–H groups in total. The van der Waals surface area contributed by atoms with Crippen LogP contribution < -0.4 is 21.6 Å². The van der Waals surface area contributed by atoms with Crippen molar-refractivity contribution in [3.8, 4) is 12.1 Å². The Labute approximate surface area is 226 Å². The Morgan fingerprint density at radius 2 is 1.87 bits per heavy atom. The van der Waals surface area contributed by atoms with Gasteiger partial charge < -0.3 is 21.2 Å². The molecule has 3 aromatic rings. The lowest BCUT2D eigenvalue weighted by atomic mass is 9.96. The van der Waals surface area contributed by atoms with Crippen LogP contribution in [-0.2, 0) is 0 Å². The smallest absolute Gasteiger partial charge is 0.123 e. The third-order valence-corrected chi connectivity index (χ3v) is 7.05. The number of aromatic nitrogens is 1. The summed E-state index contributed by atoms with van der Waals surface area (Å²) in [5, 5.41) is 39.1. The van der Waals surface area contributed by atoms with Gasteiger partial charge in [-0.15, -0.1) is 5.53 Å². The minimum Gasteiger partial charge on any atom is -0.394 e. The minimum absolute atomic E-state index is 0.0227. The molecule has 5 rings (SSSR count). The molecule has 0 saturated heterocycles. The summed E-state index contributed by atoms with van der Waals surface area (Å²) in [6, 6.07) is 13.8. The molecular formula is C29H31FN8O. The number of hydrogen-bond acceptors (Lipinski definition) is 9. The van der Waals surface area contributed by atoms with E-state index in [9.17, 15) is 20.0 Å². The van der Waals surface area contributed by atoms with Crippen molar-refractivity contribution in [2.24, 2.45) is 5.41 Å². The molecule has 1 aliphatic carbocycles. The van der Waals surface area contributed by atoms with Crippen LogP contribution >= 0.6 is 0 Å². The highest BCUT2D eigenvalue weighted by Crippen LogP contribution is 2.42. The fourth-order valence-corrected chi connectivity index (χ4v) is 4.61. The van der Waals surface area contributed by atoms with E-state index in [1.807, 2.05) is 17.3 Å². The van der Waals surface area contributed by atoms with E-state index in [-0.39, 0.29) is 23.4 Å². The summed E-state index contributed by atoms with van der Waals surface area (Å²) in [6.07, 6.45) is 5.13. The second kappa shape index (κ2) is 10.1. The topological polar surface area (TPSA) is 132 Å². The molecule has 2 aromatic carbocycles. The molecule has 0 amide bonds. The summed E-state index contributed by atoms with van der Waals surface area (Å²) in [5.41, 5.74) is 9.99. The third kappa shape index (κ3) is 5.30. The molecule has 1 fully saturated rings. The van der Waals surface area contributed by atoms with Crippen molar-refractivity contribution >= 4 is 22.3 Å². The maximum absolute atomic E-state index is 13.8. The highest BCUT2D eigenvalue weighted by atomic mass is 19.1. The van der Waals surface area contributed by atoms with E-state index in [0.717, 1.165) is 24.1 Å². The summed E-state index contributed by atoms with van der Waals surface area (Å²) < 4.78 is 13.8. The second-order valence-electron chi connectivity index (χ2n) is 11.3. The summed E-state index contributed by atoms with van der Waals surface area (Å²) in [4.78, 5) is 4.43. The first-order valence-electron chi connectivity index (χ1n) is 12.8. The van der Waals surface area contributed by atoms with Gasteiger partial charge >= 0.3 is 0 Å². The Bertz CT molecular complexity index is 1510. The van der Waals surface area contributed by atoms with Crippen molar-refractivity contribution in [3.63, 3.8) is 0 Å². The summed E-state index contributed by atoms with van der Waals surface area (Å²) in [7, 11) is 0. The van der Waals surface area contributed by atoms with Gasteiger partial charge in [0.15, 0.2) is 0 Å². The lowest BCUT2D eigenvalue weighted by Gasteiger charge is -2.24. The first kappa shape index (κ1) is 26.2. The number of anilines is 2. The van der Waals surface area contributed by atoms with E-state index in [1.54, 1.807) is 18.2 Å². The van der Waals surface area contributed by atoms with Gasteiger partial charge in [-0.1, -0.05) is 32.9 Å². The van der Waals surface area contributed by atoms with Gasteiger partial charge in [-0.05, 0) is 48.1 Å². The van der Waals surface area contributed by atoms with Crippen molar-refractivity contribution in [3.05, 3.63) is 77.0 Å². The molecule has 0 radical (unpaired) electrons. The highest BCUT2D eigenvalue weighted by Gasteiger charge is 2.48. The van der Waals surface area contributed by atoms with Crippen molar-refractivity contribution in [1.29, 1.82) is 10.5 Å². The molecule has 1 aromatic heterocycles. The van der Waals surface area contributed by atoms with Gasteiger partial charge in [-0.3, -0.25) is 9.99 Å². The molecule has 39 heavy (non-hydrogen) atoms. The number of nitrogens with one attached hydrogen (secondary N) is 4. The Morgan fingerprint density at radius 1 is 1.15 bits per heavy atom. The maximum Gasteiger partial charge on any atom is 0.123 e. The van der Waals surface area contributed by atoms with Gasteiger partial charge in [0, 0.05) is 30.0 Å². The molecule has 0 spiro atoms. The van der Waals surface area contributed by atoms with Crippen LogP contribution in [0.25, 0.3) is 10.9 Å². The van der Waals surface area contributed by atoms with E-state index in [4.69, 9.17) is 0 Å². The van der Waals surface area contributed by atoms with Crippen LogP contribution in [0.3, 0.4) is 0 Å². The van der Waals surface area contributed by atoms with Gasteiger partial charge in [-0.25, -0.2) is 4.39 Å². The molecule has 0 bridgehead atoms. The van der Waals surface area contributed by atoms with E-state index >= 15 is 0 Å². The van der Waals surface area contributed by atoms with Gasteiger partial charge in [-0.2, -0.15) is 10.5 Å². The molecule has 200 valence electrons. The molecule has 1 atom stereocenters. The molecule has 0 unspecified atom stereocenters. The van der Waals surface area contributed by atoms with Crippen LogP contribution in [-0.4, -0.2) is 33.8 Å². The van der Waals surface area contributed by atoms with E-state index in [1.165, 1.54) is 18.3 Å². The number of pyridine rings is 1. The summed E-state index contributed by atoms with van der Waals surface area (Å²) in [6.45, 7) is 6.92. The van der Waals surface area contributed by atoms with Gasteiger partial charge in [0.2, 0.25) is 0 Å². The van der Waals surface area contributed by atoms with Crippen molar-refractivity contribution in [1.82, 2.24) is 21.0 Å². The van der Waals surface area contributed by atoms with Crippen molar-refractivity contribution < 1.29 is 9.50 Å². The van der Waals surface area contributed by atoms with Gasteiger partial charge in [0.25, 0.3) is 0 Å². The van der Waals surface area contributed by atoms with Crippen LogP contribution in [0, 0.1) is 33.9 Å². The largest absolute Gasteiger partial charge is 0.394 e. The molecule has 2 aliphatic rings. The molecule has 9 nitrogen and oxygen atoms in total. The molecule has 1 aliphatic heterocycles. The Hall–Kier alpha value is -4.38. The average Bonchev–Trinajstić information content (AvgIpc) is 3.57. The van der Waals surface area contributed by atoms with Crippen molar-refractivity contribution in [2.75, 3.05) is 23.8 Å². The Morgan fingerprint density at radius 3 is 2.49 bits per heavy atom. The van der Waals surface area contributed by atoms with E-state index < -0.39 is 6.04 Å². The number of rotatable bonds is 8. The number of hydrazine groups is 2. The zero-order valence-corrected chi connectivity index (χ0v) is 22.1. The number of hydrogen-bond donors (Lipinski definition) is 5. The van der Waals surface area contributed by atoms with Gasteiger partial charge in [0.05, 0.1) is 46.2 Å². The molecule has 2 heterocycles. The van der Waals surface area contributed by atoms with Crippen LogP contribution in [0.1, 0.15) is 56.3 Å². The Balaban J connectivity index is 1.58. The summed E-state index contributed by atoms with van der Waals surface area (Å²) in [5.74, 6) is -0.343. The monoisotopic (exact) mass is 526 g/mol. The predicted molar refractivity (Wildman–Crippen MR) is 147 cm³/mol. The number of fused-ring (bicyclic) bond motifs is 1. The standard InChI is InChI=1S/C29H31FN8O/c1-28(2,3)16-34-26-20(13-32)14-33-25-19(12-31)10-22(11-23(25)26)35-27(18-4-6-21(30)7-5-18)24-15-38(37-36-24)29(17-39)8-9-29/h4-7,10-11,14-15,27,35-37,39H,8-9,16-17H2,1-3H3,(H,33,34)/t27-/m0/s1.